The van der Waals surface area contributed by atoms with Crippen molar-refractivity contribution in [2.45, 2.75) is 19.6 Å². The molecule has 1 fully saturated rings. The van der Waals surface area contributed by atoms with E-state index in [1.54, 1.807) is 13.1 Å². The lowest BCUT2D eigenvalue weighted by Gasteiger charge is -2.35. The van der Waals surface area contributed by atoms with Crippen LogP contribution in [0.5, 0.6) is 5.88 Å². The largest absolute Gasteiger partial charge is 0.463 e. The van der Waals surface area contributed by atoms with Gasteiger partial charge in [-0.15, -0.1) is 0 Å². The molecule has 6 heteroatoms. The van der Waals surface area contributed by atoms with E-state index >= 15 is 0 Å². The number of piperazine rings is 1. The highest BCUT2D eigenvalue weighted by atomic mass is 16.5. The van der Waals surface area contributed by atoms with Gasteiger partial charge >= 0.3 is 0 Å². The number of amides is 1. The van der Waals surface area contributed by atoms with Gasteiger partial charge in [0.25, 0.3) is 5.91 Å². The molecular weight excluding hydrogens is 352 g/mol. The lowest BCUT2D eigenvalue weighted by atomic mass is 10.2. The minimum Gasteiger partial charge on any atom is -0.463 e. The van der Waals surface area contributed by atoms with Gasteiger partial charge in [-0.1, -0.05) is 42.5 Å². The fourth-order valence-corrected chi connectivity index (χ4v) is 3.45. The standard InChI is InChI=1S/C22H24N4O2/c1-17(28-21-15-23-19-9-5-6-10-20(19)24-21)22(27)26-13-11-25(12-14-26)16-18-7-3-2-4-8-18/h2-10,15,17H,11-14,16H2,1H3. The van der Waals surface area contributed by atoms with Crippen molar-refractivity contribution in [3.63, 3.8) is 0 Å². The second-order valence-corrected chi connectivity index (χ2v) is 7.04. The number of hydrogen-bond acceptors (Lipinski definition) is 5. The van der Waals surface area contributed by atoms with Crippen LogP contribution in [0.4, 0.5) is 0 Å². The minimum absolute atomic E-state index is 0.00526. The Bertz CT molecular complexity index is 939. The fourth-order valence-electron chi connectivity index (χ4n) is 3.45. The molecular formula is C22H24N4O2. The zero-order valence-electron chi connectivity index (χ0n) is 16.0. The quantitative estimate of drug-likeness (QED) is 0.685. The van der Waals surface area contributed by atoms with Gasteiger partial charge in [-0.05, 0) is 24.6 Å². The normalized spacial score (nSPS) is 16.1. The first-order valence-electron chi connectivity index (χ1n) is 9.62. The van der Waals surface area contributed by atoms with Crippen LogP contribution >= 0.6 is 0 Å². The molecule has 0 aliphatic carbocycles. The van der Waals surface area contributed by atoms with Crippen molar-refractivity contribution >= 4 is 16.9 Å². The molecule has 1 unspecified atom stereocenters. The number of rotatable bonds is 5. The van der Waals surface area contributed by atoms with E-state index in [0.29, 0.717) is 19.0 Å². The summed E-state index contributed by atoms with van der Waals surface area (Å²) in [5.74, 6) is 0.372. The maximum Gasteiger partial charge on any atom is 0.263 e. The molecule has 4 rings (SSSR count). The number of para-hydroxylation sites is 2. The summed E-state index contributed by atoms with van der Waals surface area (Å²) >= 11 is 0. The van der Waals surface area contributed by atoms with Crippen LogP contribution in [0.25, 0.3) is 11.0 Å². The molecule has 1 atom stereocenters. The van der Waals surface area contributed by atoms with Crippen molar-refractivity contribution in [3.8, 4) is 5.88 Å². The predicted octanol–water partition coefficient (Wildman–Crippen LogP) is 2.74. The Labute approximate surface area is 164 Å². The van der Waals surface area contributed by atoms with Crippen LogP contribution < -0.4 is 4.74 Å². The van der Waals surface area contributed by atoms with E-state index in [0.717, 1.165) is 30.7 Å². The maximum atomic E-state index is 12.8. The van der Waals surface area contributed by atoms with E-state index in [1.165, 1.54) is 5.56 Å². The molecule has 1 amide bonds. The third-order valence-corrected chi connectivity index (χ3v) is 5.00. The first-order valence-corrected chi connectivity index (χ1v) is 9.62. The third kappa shape index (κ3) is 4.28. The molecule has 6 nitrogen and oxygen atoms in total. The third-order valence-electron chi connectivity index (χ3n) is 5.00. The summed E-state index contributed by atoms with van der Waals surface area (Å²) in [6.45, 7) is 5.84. The van der Waals surface area contributed by atoms with Crippen molar-refractivity contribution in [1.29, 1.82) is 0 Å². The number of carbonyl (C=O) groups is 1. The van der Waals surface area contributed by atoms with Gasteiger partial charge in [0.15, 0.2) is 6.10 Å². The topological polar surface area (TPSA) is 58.6 Å². The van der Waals surface area contributed by atoms with Gasteiger partial charge in [0.2, 0.25) is 5.88 Å². The SMILES string of the molecule is CC(Oc1cnc2ccccc2n1)C(=O)N1CCN(Cc2ccccc2)CC1. The number of aromatic nitrogens is 2. The summed E-state index contributed by atoms with van der Waals surface area (Å²) < 4.78 is 5.78. The van der Waals surface area contributed by atoms with Crippen LogP contribution in [0, 0.1) is 0 Å². The Balaban J connectivity index is 1.31. The number of fused-ring (bicyclic) bond motifs is 1. The summed E-state index contributed by atoms with van der Waals surface area (Å²) in [6.07, 6.45) is 0.986. The van der Waals surface area contributed by atoms with E-state index < -0.39 is 6.10 Å². The van der Waals surface area contributed by atoms with Crippen LogP contribution in [0.1, 0.15) is 12.5 Å². The van der Waals surface area contributed by atoms with Crippen molar-refractivity contribution in [2.24, 2.45) is 0 Å². The highest BCUT2D eigenvalue weighted by molar-refractivity contribution is 5.81. The van der Waals surface area contributed by atoms with Crippen molar-refractivity contribution in [2.75, 3.05) is 26.2 Å². The van der Waals surface area contributed by atoms with Crippen LogP contribution in [0.3, 0.4) is 0 Å². The molecule has 1 saturated heterocycles. The molecule has 2 heterocycles. The van der Waals surface area contributed by atoms with E-state index in [9.17, 15) is 4.79 Å². The second-order valence-electron chi connectivity index (χ2n) is 7.04. The maximum absolute atomic E-state index is 12.8. The Hall–Kier alpha value is -2.99. The predicted molar refractivity (Wildman–Crippen MR) is 108 cm³/mol. The molecule has 28 heavy (non-hydrogen) atoms. The van der Waals surface area contributed by atoms with Crippen molar-refractivity contribution in [3.05, 3.63) is 66.4 Å². The van der Waals surface area contributed by atoms with Gasteiger partial charge in [-0.3, -0.25) is 9.69 Å². The molecule has 1 aliphatic heterocycles. The zero-order valence-corrected chi connectivity index (χ0v) is 16.0. The zero-order chi connectivity index (χ0) is 19.3. The molecule has 0 spiro atoms. The van der Waals surface area contributed by atoms with Crippen LogP contribution in [-0.2, 0) is 11.3 Å². The molecule has 2 aromatic carbocycles. The van der Waals surface area contributed by atoms with Crippen molar-refractivity contribution < 1.29 is 9.53 Å². The minimum atomic E-state index is -0.587. The summed E-state index contributed by atoms with van der Waals surface area (Å²) in [5.41, 5.74) is 2.87. The summed E-state index contributed by atoms with van der Waals surface area (Å²) in [7, 11) is 0. The average Bonchev–Trinajstić information content (AvgIpc) is 2.74. The Morgan fingerprint density at radius 2 is 1.68 bits per heavy atom. The highest BCUT2D eigenvalue weighted by Crippen LogP contribution is 2.16. The first-order chi connectivity index (χ1) is 13.7. The van der Waals surface area contributed by atoms with Gasteiger partial charge < -0.3 is 9.64 Å². The van der Waals surface area contributed by atoms with Gasteiger partial charge in [0.05, 0.1) is 17.2 Å². The van der Waals surface area contributed by atoms with Crippen LogP contribution in [0.15, 0.2) is 60.8 Å². The van der Waals surface area contributed by atoms with Gasteiger partial charge in [-0.25, -0.2) is 9.97 Å². The first kappa shape index (κ1) is 18.4. The van der Waals surface area contributed by atoms with Crippen LogP contribution in [-0.4, -0.2) is 58.0 Å². The fraction of sp³-hybridized carbons (Fsp3) is 0.318. The lowest BCUT2D eigenvalue weighted by molar-refractivity contribution is -0.139. The summed E-state index contributed by atoms with van der Waals surface area (Å²) in [5, 5.41) is 0. The van der Waals surface area contributed by atoms with E-state index in [4.69, 9.17) is 4.74 Å². The van der Waals surface area contributed by atoms with Gasteiger partial charge in [0.1, 0.15) is 0 Å². The number of ether oxygens (including phenoxy) is 1. The van der Waals surface area contributed by atoms with E-state index in [1.807, 2.05) is 35.2 Å². The molecule has 3 aromatic rings. The Kier molecular flexibility index (Phi) is 5.48. The van der Waals surface area contributed by atoms with Gasteiger partial charge in [0, 0.05) is 32.7 Å². The Morgan fingerprint density at radius 1 is 1.00 bits per heavy atom. The highest BCUT2D eigenvalue weighted by Gasteiger charge is 2.26. The molecule has 0 saturated carbocycles. The average molecular weight is 376 g/mol. The second kappa shape index (κ2) is 8.35. The lowest BCUT2D eigenvalue weighted by Crippen LogP contribution is -2.51. The molecule has 0 radical (unpaired) electrons. The van der Waals surface area contributed by atoms with Crippen molar-refractivity contribution in [1.82, 2.24) is 19.8 Å². The molecule has 1 aliphatic rings. The molecule has 0 bridgehead atoms. The number of carbonyl (C=O) groups excluding carboxylic acids is 1. The van der Waals surface area contributed by atoms with E-state index in [2.05, 4.69) is 39.1 Å². The molecule has 0 N–H and O–H groups in total. The van der Waals surface area contributed by atoms with Crippen LogP contribution in [0.2, 0.25) is 0 Å². The number of nitrogens with zero attached hydrogens (tertiary/aromatic N) is 4. The monoisotopic (exact) mass is 376 g/mol. The number of benzene rings is 2. The summed E-state index contributed by atoms with van der Waals surface area (Å²) in [4.78, 5) is 25.8. The van der Waals surface area contributed by atoms with E-state index in [-0.39, 0.29) is 5.91 Å². The molecule has 1 aromatic heterocycles. The number of hydrogen-bond donors (Lipinski definition) is 0. The Morgan fingerprint density at radius 3 is 2.43 bits per heavy atom. The molecule has 144 valence electrons. The summed E-state index contributed by atoms with van der Waals surface area (Å²) in [6, 6.07) is 18.0. The van der Waals surface area contributed by atoms with Gasteiger partial charge in [-0.2, -0.15) is 0 Å². The smallest absolute Gasteiger partial charge is 0.263 e.